The van der Waals surface area contributed by atoms with Gasteiger partial charge in [0.25, 0.3) is 5.91 Å². The zero-order valence-electron chi connectivity index (χ0n) is 17.7. The summed E-state index contributed by atoms with van der Waals surface area (Å²) in [6.45, 7) is 2.11. The molecule has 0 aliphatic carbocycles. The Hall–Kier alpha value is -4.12. The standard InChI is InChI=1S/C24H24N4O4/c1-2-3-4-5-9-21(29)26-19-8-6-7-16-13-20(27-22(16)19)23(30)28-18-11-10-15(14-25)12-17(18)24(31)32/h6-8,10-13,27H,2-5,9H2,1H3,(H,26,29)(H,28,30)(H,31,32). The molecule has 2 amide bonds. The number of benzene rings is 2. The average molecular weight is 432 g/mol. The Morgan fingerprint density at radius 3 is 2.56 bits per heavy atom. The number of hydrogen-bond acceptors (Lipinski definition) is 4. The molecule has 3 rings (SSSR count). The molecule has 1 aromatic heterocycles. The molecule has 3 aromatic rings. The number of aromatic amines is 1. The smallest absolute Gasteiger partial charge is 0.337 e. The van der Waals surface area contributed by atoms with Crippen molar-refractivity contribution in [2.45, 2.75) is 39.0 Å². The van der Waals surface area contributed by atoms with Gasteiger partial charge in [0.05, 0.1) is 34.1 Å². The number of rotatable bonds is 9. The Kier molecular flexibility index (Phi) is 7.24. The highest BCUT2D eigenvalue weighted by molar-refractivity contribution is 6.10. The predicted octanol–water partition coefficient (Wildman–Crippen LogP) is 4.90. The topological polar surface area (TPSA) is 135 Å². The van der Waals surface area contributed by atoms with Crippen LogP contribution in [0.4, 0.5) is 11.4 Å². The molecule has 0 saturated carbocycles. The molecule has 0 bridgehead atoms. The van der Waals surface area contributed by atoms with E-state index >= 15 is 0 Å². The van der Waals surface area contributed by atoms with Crippen LogP contribution in [0.1, 0.15) is 65.4 Å². The summed E-state index contributed by atoms with van der Waals surface area (Å²) in [7, 11) is 0. The molecule has 0 radical (unpaired) electrons. The van der Waals surface area contributed by atoms with Crippen LogP contribution in [0.3, 0.4) is 0 Å². The largest absolute Gasteiger partial charge is 0.478 e. The average Bonchev–Trinajstić information content (AvgIpc) is 3.22. The molecule has 4 N–H and O–H groups in total. The highest BCUT2D eigenvalue weighted by atomic mass is 16.4. The van der Waals surface area contributed by atoms with E-state index in [9.17, 15) is 19.5 Å². The summed E-state index contributed by atoms with van der Waals surface area (Å²) >= 11 is 0. The van der Waals surface area contributed by atoms with E-state index in [1.165, 1.54) is 18.2 Å². The van der Waals surface area contributed by atoms with Crippen molar-refractivity contribution in [1.29, 1.82) is 5.26 Å². The lowest BCUT2D eigenvalue weighted by Gasteiger charge is -2.08. The van der Waals surface area contributed by atoms with E-state index in [0.717, 1.165) is 31.1 Å². The molecule has 1 heterocycles. The highest BCUT2D eigenvalue weighted by Gasteiger charge is 2.17. The SMILES string of the molecule is CCCCCCC(=O)Nc1cccc2cc(C(=O)Nc3ccc(C#N)cc3C(=O)O)[nH]c12. The van der Waals surface area contributed by atoms with Gasteiger partial charge in [-0.15, -0.1) is 0 Å². The number of carbonyl (C=O) groups is 3. The Morgan fingerprint density at radius 1 is 1.03 bits per heavy atom. The molecule has 0 atom stereocenters. The van der Waals surface area contributed by atoms with Crippen LogP contribution in [0.2, 0.25) is 0 Å². The molecule has 8 heteroatoms. The summed E-state index contributed by atoms with van der Waals surface area (Å²) < 4.78 is 0. The number of carboxylic acids is 1. The van der Waals surface area contributed by atoms with Crippen LogP contribution in [0.15, 0.2) is 42.5 Å². The number of aromatic nitrogens is 1. The second kappa shape index (κ2) is 10.3. The van der Waals surface area contributed by atoms with Crippen LogP contribution in [-0.2, 0) is 4.79 Å². The van der Waals surface area contributed by atoms with E-state index in [-0.39, 0.29) is 28.4 Å². The van der Waals surface area contributed by atoms with Crippen LogP contribution < -0.4 is 10.6 Å². The summed E-state index contributed by atoms with van der Waals surface area (Å²) in [6, 6.07) is 12.9. The third kappa shape index (κ3) is 5.32. The van der Waals surface area contributed by atoms with E-state index in [1.807, 2.05) is 12.1 Å². The summed E-state index contributed by atoms with van der Waals surface area (Å²) in [5.74, 6) is -1.87. The lowest BCUT2D eigenvalue weighted by molar-refractivity contribution is -0.116. The number of aromatic carboxylic acids is 1. The maximum absolute atomic E-state index is 12.8. The number of para-hydroxylation sites is 1. The van der Waals surface area contributed by atoms with E-state index in [1.54, 1.807) is 18.2 Å². The fourth-order valence-electron chi connectivity index (χ4n) is 3.40. The Morgan fingerprint density at radius 2 is 1.84 bits per heavy atom. The van der Waals surface area contributed by atoms with Gasteiger partial charge in [-0.25, -0.2) is 4.79 Å². The van der Waals surface area contributed by atoms with Crippen LogP contribution in [0.25, 0.3) is 10.9 Å². The summed E-state index contributed by atoms with van der Waals surface area (Å²) in [5, 5.41) is 24.6. The van der Waals surface area contributed by atoms with Gasteiger partial charge in [-0.3, -0.25) is 9.59 Å². The lowest BCUT2D eigenvalue weighted by atomic mass is 10.1. The van der Waals surface area contributed by atoms with Gasteiger partial charge in [-0.1, -0.05) is 38.3 Å². The van der Waals surface area contributed by atoms with Gasteiger partial charge in [0.15, 0.2) is 0 Å². The van der Waals surface area contributed by atoms with E-state index < -0.39 is 11.9 Å². The molecule has 0 aliphatic rings. The van der Waals surface area contributed by atoms with Crippen molar-refractivity contribution in [2.24, 2.45) is 0 Å². The normalized spacial score (nSPS) is 10.5. The van der Waals surface area contributed by atoms with Crippen molar-refractivity contribution in [3.63, 3.8) is 0 Å². The van der Waals surface area contributed by atoms with Crippen molar-refractivity contribution in [3.8, 4) is 6.07 Å². The minimum absolute atomic E-state index is 0.0840. The van der Waals surface area contributed by atoms with Crippen molar-refractivity contribution in [1.82, 2.24) is 4.98 Å². The van der Waals surface area contributed by atoms with Gasteiger partial charge >= 0.3 is 5.97 Å². The number of hydrogen-bond donors (Lipinski definition) is 4. The number of H-pyrrole nitrogens is 1. The molecule has 164 valence electrons. The summed E-state index contributed by atoms with van der Waals surface area (Å²) in [5.41, 5.74) is 1.49. The van der Waals surface area contributed by atoms with Crippen LogP contribution in [-0.4, -0.2) is 27.9 Å². The molecular weight excluding hydrogens is 408 g/mol. The number of amides is 2. The van der Waals surface area contributed by atoms with E-state index in [0.29, 0.717) is 17.6 Å². The first-order chi connectivity index (χ1) is 15.4. The third-order valence-electron chi connectivity index (χ3n) is 5.06. The van der Waals surface area contributed by atoms with Gasteiger partial charge in [0.2, 0.25) is 5.91 Å². The van der Waals surface area contributed by atoms with Crippen LogP contribution in [0.5, 0.6) is 0 Å². The Balaban J connectivity index is 1.78. The van der Waals surface area contributed by atoms with Crippen molar-refractivity contribution < 1.29 is 19.5 Å². The number of fused-ring (bicyclic) bond motifs is 1. The number of carboxylic acid groups (broad SMARTS) is 1. The fraction of sp³-hybridized carbons (Fsp3) is 0.250. The molecule has 2 aromatic carbocycles. The van der Waals surface area contributed by atoms with Crippen LogP contribution in [0, 0.1) is 11.3 Å². The van der Waals surface area contributed by atoms with Crippen LogP contribution >= 0.6 is 0 Å². The number of anilines is 2. The number of unbranched alkanes of at least 4 members (excludes halogenated alkanes) is 3. The van der Waals surface area contributed by atoms with Crippen molar-refractivity contribution >= 4 is 40.1 Å². The Labute approximate surface area is 185 Å². The third-order valence-corrected chi connectivity index (χ3v) is 5.06. The van der Waals surface area contributed by atoms with Gasteiger partial charge in [0.1, 0.15) is 5.69 Å². The number of nitrogens with zero attached hydrogens (tertiary/aromatic N) is 1. The first kappa shape index (κ1) is 22.6. The predicted molar refractivity (Wildman–Crippen MR) is 122 cm³/mol. The minimum atomic E-state index is -1.25. The lowest BCUT2D eigenvalue weighted by Crippen LogP contribution is -2.15. The van der Waals surface area contributed by atoms with Gasteiger partial charge in [-0.05, 0) is 36.8 Å². The molecule has 0 aliphatic heterocycles. The van der Waals surface area contributed by atoms with Gasteiger partial charge < -0.3 is 20.7 Å². The zero-order valence-corrected chi connectivity index (χ0v) is 17.7. The Bertz CT molecular complexity index is 1210. The van der Waals surface area contributed by atoms with E-state index in [2.05, 4.69) is 22.5 Å². The molecule has 0 fully saturated rings. The molecule has 0 saturated heterocycles. The maximum Gasteiger partial charge on any atom is 0.337 e. The van der Waals surface area contributed by atoms with Crippen molar-refractivity contribution in [2.75, 3.05) is 10.6 Å². The number of carbonyl (C=O) groups excluding carboxylic acids is 2. The first-order valence-electron chi connectivity index (χ1n) is 10.4. The summed E-state index contributed by atoms with van der Waals surface area (Å²) in [6.07, 6.45) is 4.46. The quantitative estimate of drug-likeness (QED) is 0.357. The molecule has 8 nitrogen and oxygen atoms in total. The number of nitriles is 1. The second-order valence-corrected chi connectivity index (χ2v) is 7.44. The van der Waals surface area contributed by atoms with Gasteiger partial charge in [-0.2, -0.15) is 5.26 Å². The molecule has 0 spiro atoms. The second-order valence-electron chi connectivity index (χ2n) is 7.44. The van der Waals surface area contributed by atoms with Crippen molar-refractivity contribution in [3.05, 3.63) is 59.3 Å². The molecule has 32 heavy (non-hydrogen) atoms. The molecular formula is C24H24N4O4. The fourth-order valence-corrected chi connectivity index (χ4v) is 3.40. The highest BCUT2D eigenvalue weighted by Crippen LogP contribution is 2.25. The number of nitrogens with one attached hydrogen (secondary N) is 3. The summed E-state index contributed by atoms with van der Waals surface area (Å²) in [4.78, 5) is 39.5. The minimum Gasteiger partial charge on any atom is -0.478 e. The zero-order chi connectivity index (χ0) is 23.1. The monoisotopic (exact) mass is 432 g/mol. The van der Waals surface area contributed by atoms with E-state index in [4.69, 9.17) is 5.26 Å². The van der Waals surface area contributed by atoms with Gasteiger partial charge in [0, 0.05) is 11.8 Å². The first-order valence-corrected chi connectivity index (χ1v) is 10.4. The molecule has 0 unspecified atom stereocenters. The maximum atomic E-state index is 12.8.